The molecular weight excluding hydrogens is 318 g/mol. The van der Waals surface area contributed by atoms with Gasteiger partial charge in [0.15, 0.2) is 0 Å². The van der Waals surface area contributed by atoms with Gasteiger partial charge in [0, 0.05) is 32.9 Å². The number of nitrogens with one attached hydrogen (secondary N) is 2. The number of methoxy groups -OCH3 is 1. The number of carbonyl (C=O) groups is 1. The van der Waals surface area contributed by atoms with E-state index in [4.69, 9.17) is 4.74 Å². The van der Waals surface area contributed by atoms with Gasteiger partial charge >= 0.3 is 6.03 Å². The van der Waals surface area contributed by atoms with E-state index in [1.54, 1.807) is 7.11 Å². The summed E-state index contributed by atoms with van der Waals surface area (Å²) in [5.74, 6) is 0.775. The molecule has 134 valence electrons. The third kappa shape index (κ3) is 5.69. The van der Waals surface area contributed by atoms with E-state index < -0.39 is 6.10 Å². The van der Waals surface area contributed by atoms with E-state index in [1.807, 2.05) is 67.5 Å². The van der Waals surface area contributed by atoms with E-state index in [9.17, 15) is 9.90 Å². The molecular formula is C19H25N3O3. The van der Waals surface area contributed by atoms with Crippen LogP contribution in [0.25, 0.3) is 0 Å². The van der Waals surface area contributed by atoms with Crippen molar-refractivity contribution in [3.05, 3.63) is 59.7 Å². The van der Waals surface area contributed by atoms with Gasteiger partial charge in [-0.2, -0.15) is 0 Å². The van der Waals surface area contributed by atoms with Gasteiger partial charge in [-0.1, -0.05) is 24.3 Å². The van der Waals surface area contributed by atoms with Crippen LogP contribution in [0.4, 0.5) is 10.5 Å². The SMILES string of the molecule is COc1ccc(CNC(=O)NC[C@H](O)c2ccc(N(C)C)cc2)cc1. The normalized spacial score (nSPS) is 11.5. The number of rotatable bonds is 7. The number of hydrogen-bond donors (Lipinski definition) is 3. The summed E-state index contributed by atoms with van der Waals surface area (Å²) < 4.78 is 5.09. The molecule has 0 aromatic heterocycles. The second kappa shape index (κ2) is 8.94. The molecule has 0 heterocycles. The highest BCUT2D eigenvalue weighted by molar-refractivity contribution is 5.73. The molecule has 0 bridgehead atoms. The Hall–Kier alpha value is -2.73. The lowest BCUT2D eigenvalue weighted by atomic mass is 10.1. The number of nitrogens with zero attached hydrogens (tertiary/aromatic N) is 1. The van der Waals surface area contributed by atoms with Crippen LogP contribution in [0.3, 0.4) is 0 Å². The standard InChI is InChI=1S/C19H25N3O3/c1-22(2)16-8-6-15(7-9-16)18(23)13-21-19(24)20-12-14-4-10-17(25-3)11-5-14/h4-11,18,23H,12-13H2,1-3H3,(H2,20,21,24)/t18-/m0/s1. The molecule has 0 unspecified atom stereocenters. The molecule has 3 N–H and O–H groups in total. The molecule has 6 nitrogen and oxygen atoms in total. The molecule has 2 aromatic rings. The van der Waals surface area contributed by atoms with Gasteiger partial charge < -0.3 is 25.4 Å². The van der Waals surface area contributed by atoms with Crippen molar-refractivity contribution in [3.8, 4) is 5.75 Å². The van der Waals surface area contributed by atoms with Crippen LogP contribution < -0.4 is 20.3 Å². The molecule has 6 heteroatoms. The largest absolute Gasteiger partial charge is 0.497 e. The second-order valence-electron chi connectivity index (χ2n) is 5.91. The molecule has 0 saturated heterocycles. The molecule has 0 fully saturated rings. The molecule has 2 rings (SSSR count). The number of aliphatic hydroxyl groups is 1. The van der Waals surface area contributed by atoms with Crippen molar-refractivity contribution in [3.63, 3.8) is 0 Å². The summed E-state index contributed by atoms with van der Waals surface area (Å²) in [6.45, 7) is 0.555. The summed E-state index contributed by atoms with van der Waals surface area (Å²) in [7, 11) is 5.53. The molecule has 25 heavy (non-hydrogen) atoms. The van der Waals surface area contributed by atoms with E-state index >= 15 is 0 Å². The van der Waals surface area contributed by atoms with E-state index in [2.05, 4.69) is 10.6 Å². The van der Waals surface area contributed by atoms with Crippen LogP contribution in [-0.2, 0) is 6.54 Å². The number of amides is 2. The minimum atomic E-state index is -0.747. The van der Waals surface area contributed by atoms with Crippen LogP contribution in [0.15, 0.2) is 48.5 Å². The first-order valence-corrected chi connectivity index (χ1v) is 8.09. The van der Waals surface area contributed by atoms with Crippen molar-refractivity contribution in [2.24, 2.45) is 0 Å². The molecule has 0 saturated carbocycles. The lowest BCUT2D eigenvalue weighted by Crippen LogP contribution is -2.37. The molecule has 0 aliphatic heterocycles. The summed E-state index contributed by atoms with van der Waals surface area (Å²) in [6, 6.07) is 14.7. The van der Waals surface area contributed by atoms with Crippen molar-refractivity contribution in [1.82, 2.24) is 10.6 Å². The zero-order chi connectivity index (χ0) is 18.2. The van der Waals surface area contributed by atoms with Crippen LogP contribution in [0.5, 0.6) is 5.75 Å². The molecule has 0 radical (unpaired) electrons. The fourth-order valence-corrected chi connectivity index (χ4v) is 2.29. The maximum Gasteiger partial charge on any atom is 0.315 e. The Morgan fingerprint density at radius 2 is 1.72 bits per heavy atom. The number of aliphatic hydroxyl groups excluding tert-OH is 1. The lowest BCUT2D eigenvalue weighted by Gasteiger charge is -2.16. The van der Waals surface area contributed by atoms with Gasteiger partial charge in [-0.05, 0) is 35.4 Å². The first kappa shape index (κ1) is 18.6. The fourth-order valence-electron chi connectivity index (χ4n) is 2.29. The third-order valence-corrected chi connectivity index (χ3v) is 3.86. The Morgan fingerprint density at radius 1 is 1.08 bits per heavy atom. The quantitative estimate of drug-likeness (QED) is 0.721. The molecule has 0 aliphatic carbocycles. The Kier molecular flexibility index (Phi) is 6.65. The highest BCUT2D eigenvalue weighted by atomic mass is 16.5. The van der Waals surface area contributed by atoms with Gasteiger partial charge in [-0.3, -0.25) is 0 Å². The maximum absolute atomic E-state index is 11.9. The van der Waals surface area contributed by atoms with E-state index in [0.717, 1.165) is 22.6 Å². The number of urea groups is 1. The van der Waals surface area contributed by atoms with Gasteiger partial charge in [-0.15, -0.1) is 0 Å². The predicted octanol–water partition coefficient (Wildman–Crippen LogP) is 2.29. The van der Waals surface area contributed by atoms with Crippen LogP contribution in [0, 0.1) is 0 Å². The summed E-state index contributed by atoms with van der Waals surface area (Å²) in [5, 5.41) is 15.6. The van der Waals surface area contributed by atoms with Crippen molar-refractivity contribution >= 4 is 11.7 Å². The minimum absolute atomic E-state index is 0.149. The fraction of sp³-hybridized carbons (Fsp3) is 0.316. The first-order chi connectivity index (χ1) is 12.0. The number of hydrogen-bond acceptors (Lipinski definition) is 4. The summed E-state index contributed by atoms with van der Waals surface area (Å²) >= 11 is 0. The zero-order valence-electron chi connectivity index (χ0n) is 14.8. The molecule has 0 spiro atoms. The third-order valence-electron chi connectivity index (χ3n) is 3.86. The minimum Gasteiger partial charge on any atom is -0.497 e. The number of anilines is 1. The highest BCUT2D eigenvalue weighted by Crippen LogP contribution is 2.17. The smallest absolute Gasteiger partial charge is 0.315 e. The molecule has 2 amide bonds. The average molecular weight is 343 g/mol. The average Bonchev–Trinajstić information content (AvgIpc) is 2.64. The Labute approximate surface area is 148 Å². The predicted molar refractivity (Wildman–Crippen MR) is 99.0 cm³/mol. The highest BCUT2D eigenvalue weighted by Gasteiger charge is 2.09. The molecule has 1 atom stereocenters. The van der Waals surface area contributed by atoms with Gasteiger partial charge in [0.25, 0.3) is 0 Å². The van der Waals surface area contributed by atoms with E-state index in [1.165, 1.54) is 0 Å². The van der Waals surface area contributed by atoms with Crippen molar-refractivity contribution in [2.75, 3.05) is 32.6 Å². The van der Waals surface area contributed by atoms with E-state index in [0.29, 0.717) is 6.54 Å². The second-order valence-corrected chi connectivity index (χ2v) is 5.91. The lowest BCUT2D eigenvalue weighted by molar-refractivity contribution is 0.173. The zero-order valence-corrected chi connectivity index (χ0v) is 14.8. The van der Waals surface area contributed by atoms with Crippen LogP contribution in [0.1, 0.15) is 17.2 Å². The molecule has 0 aliphatic rings. The van der Waals surface area contributed by atoms with Gasteiger partial charge in [0.1, 0.15) is 5.75 Å². The number of carbonyl (C=O) groups excluding carboxylic acids is 1. The maximum atomic E-state index is 11.9. The number of ether oxygens (including phenoxy) is 1. The number of benzene rings is 2. The van der Waals surface area contributed by atoms with E-state index in [-0.39, 0.29) is 12.6 Å². The summed E-state index contributed by atoms with van der Waals surface area (Å²) in [5.41, 5.74) is 2.79. The summed E-state index contributed by atoms with van der Waals surface area (Å²) in [4.78, 5) is 13.8. The first-order valence-electron chi connectivity index (χ1n) is 8.09. The van der Waals surface area contributed by atoms with Crippen LogP contribution in [0.2, 0.25) is 0 Å². The van der Waals surface area contributed by atoms with Crippen molar-refractivity contribution in [1.29, 1.82) is 0 Å². The van der Waals surface area contributed by atoms with Crippen molar-refractivity contribution in [2.45, 2.75) is 12.6 Å². The summed E-state index contributed by atoms with van der Waals surface area (Å²) in [6.07, 6.45) is -0.747. The Morgan fingerprint density at radius 3 is 2.28 bits per heavy atom. The van der Waals surface area contributed by atoms with Gasteiger partial charge in [0.05, 0.1) is 13.2 Å². The molecule has 2 aromatic carbocycles. The van der Waals surface area contributed by atoms with Gasteiger partial charge in [0.2, 0.25) is 0 Å². The van der Waals surface area contributed by atoms with Crippen molar-refractivity contribution < 1.29 is 14.6 Å². The Bertz CT molecular complexity index is 669. The topological polar surface area (TPSA) is 73.8 Å². The van der Waals surface area contributed by atoms with Gasteiger partial charge in [-0.25, -0.2) is 4.79 Å². The Balaban J connectivity index is 1.76. The van der Waals surface area contributed by atoms with Crippen LogP contribution >= 0.6 is 0 Å². The monoisotopic (exact) mass is 343 g/mol. The van der Waals surface area contributed by atoms with Crippen LogP contribution in [-0.4, -0.2) is 38.9 Å².